The molecule has 0 amide bonds. The third-order valence-electron chi connectivity index (χ3n) is 2.73. The van der Waals surface area contributed by atoms with Crippen molar-refractivity contribution < 1.29 is 4.74 Å². The summed E-state index contributed by atoms with van der Waals surface area (Å²) in [7, 11) is 1.98. The number of nitrogens with one attached hydrogen (secondary N) is 1. The number of hydrogen-bond acceptors (Lipinski definition) is 3. The van der Waals surface area contributed by atoms with E-state index in [2.05, 4.69) is 23.7 Å². The maximum atomic E-state index is 5.97. The van der Waals surface area contributed by atoms with Crippen LogP contribution in [0.3, 0.4) is 0 Å². The van der Waals surface area contributed by atoms with Gasteiger partial charge in [-0.25, -0.2) is 0 Å². The molecule has 2 rings (SSSR count). The van der Waals surface area contributed by atoms with E-state index >= 15 is 0 Å². The zero-order chi connectivity index (χ0) is 9.97. The van der Waals surface area contributed by atoms with Crippen molar-refractivity contribution in [3.05, 3.63) is 21.9 Å². The molecular weight excluding hydrogens is 194 g/mol. The summed E-state index contributed by atoms with van der Waals surface area (Å²) in [5.74, 6) is 0. The normalized spacial score (nSPS) is 27.0. The first-order chi connectivity index (χ1) is 6.81. The maximum absolute atomic E-state index is 5.97. The van der Waals surface area contributed by atoms with Crippen molar-refractivity contribution >= 4 is 11.3 Å². The molecule has 2 nitrogen and oxygen atoms in total. The van der Waals surface area contributed by atoms with Gasteiger partial charge in [-0.05, 0) is 43.8 Å². The number of ether oxygens (including phenoxy) is 1. The van der Waals surface area contributed by atoms with E-state index in [-0.39, 0.29) is 0 Å². The molecule has 1 fully saturated rings. The molecule has 0 saturated carbocycles. The zero-order valence-corrected chi connectivity index (χ0v) is 9.56. The quantitative estimate of drug-likeness (QED) is 0.829. The molecule has 78 valence electrons. The lowest BCUT2D eigenvalue weighted by molar-refractivity contribution is 0.0477. The van der Waals surface area contributed by atoms with Crippen molar-refractivity contribution in [3.63, 3.8) is 0 Å². The second kappa shape index (κ2) is 4.43. The minimum absolute atomic E-state index is 0.355. The van der Waals surface area contributed by atoms with Crippen LogP contribution >= 0.6 is 11.3 Å². The van der Waals surface area contributed by atoms with Gasteiger partial charge in [-0.3, -0.25) is 0 Å². The summed E-state index contributed by atoms with van der Waals surface area (Å²) in [5.41, 5.74) is 1.38. The molecule has 1 N–H and O–H groups in total. The maximum Gasteiger partial charge on any atom is 0.0924 e. The smallest absolute Gasteiger partial charge is 0.0924 e. The summed E-state index contributed by atoms with van der Waals surface area (Å²) < 4.78 is 5.97. The highest BCUT2D eigenvalue weighted by Gasteiger charge is 2.27. The van der Waals surface area contributed by atoms with E-state index in [9.17, 15) is 0 Å². The number of aryl methyl sites for hydroxylation is 1. The Labute approximate surface area is 89.3 Å². The molecule has 14 heavy (non-hydrogen) atoms. The summed E-state index contributed by atoms with van der Waals surface area (Å²) in [6, 6.07) is 2.18. The molecule has 1 saturated heterocycles. The fourth-order valence-corrected chi connectivity index (χ4v) is 2.99. The molecule has 1 aliphatic rings. The van der Waals surface area contributed by atoms with Gasteiger partial charge in [0.05, 0.1) is 12.2 Å². The van der Waals surface area contributed by atoms with E-state index in [1.165, 1.54) is 23.3 Å². The topological polar surface area (TPSA) is 21.3 Å². The summed E-state index contributed by atoms with van der Waals surface area (Å²) in [6.45, 7) is 3.14. The zero-order valence-electron chi connectivity index (χ0n) is 8.75. The lowest BCUT2D eigenvalue weighted by atomic mass is 10.1. The molecule has 0 radical (unpaired) electrons. The second-order valence-corrected chi connectivity index (χ2v) is 4.80. The van der Waals surface area contributed by atoms with Crippen LogP contribution in [-0.2, 0) is 4.74 Å². The molecule has 1 aromatic heterocycles. The Kier molecular flexibility index (Phi) is 3.21. The summed E-state index contributed by atoms with van der Waals surface area (Å²) in [6.07, 6.45) is 3.12. The van der Waals surface area contributed by atoms with Gasteiger partial charge in [0.2, 0.25) is 0 Å². The first-order valence-electron chi connectivity index (χ1n) is 5.15. The minimum Gasteiger partial charge on any atom is -0.368 e. The number of likely N-dealkylation sites (N-methyl/N-ethyl adjacent to an activating group) is 1. The molecule has 2 unspecified atom stereocenters. The average molecular weight is 211 g/mol. The van der Waals surface area contributed by atoms with Crippen LogP contribution in [0, 0.1) is 6.92 Å². The highest BCUT2D eigenvalue weighted by molar-refractivity contribution is 7.10. The van der Waals surface area contributed by atoms with Crippen LogP contribution in [0.1, 0.15) is 29.4 Å². The molecule has 2 atom stereocenters. The van der Waals surface area contributed by atoms with Gasteiger partial charge >= 0.3 is 0 Å². The summed E-state index contributed by atoms with van der Waals surface area (Å²) in [5, 5.41) is 5.32. The predicted octanol–water partition coefficient (Wildman–Crippen LogP) is 2.50. The standard InChI is InChI=1S/C11H17NOS/c1-8-5-6-14-11(8)10-4-3-9(13-10)7-12-2/h5-6,9-10,12H,3-4,7H2,1-2H3. The van der Waals surface area contributed by atoms with E-state index < -0.39 is 0 Å². The third kappa shape index (κ3) is 2.00. The highest BCUT2D eigenvalue weighted by Crippen LogP contribution is 2.36. The van der Waals surface area contributed by atoms with Crippen molar-refractivity contribution in [2.24, 2.45) is 0 Å². The third-order valence-corrected chi connectivity index (χ3v) is 3.84. The minimum atomic E-state index is 0.355. The Balaban J connectivity index is 1.99. The van der Waals surface area contributed by atoms with E-state index in [1.807, 2.05) is 18.4 Å². The number of hydrogen-bond donors (Lipinski definition) is 1. The van der Waals surface area contributed by atoms with E-state index in [4.69, 9.17) is 4.74 Å². The van der Waals surface area contributed by atoms with Crippen LogP contribution in [-0.4, -0.2) is 19.7 Å². The van der Waals surface area contributed by atoms with E-state index in [0.29, 0.717) is 12.2 Å². The Morgan fingerprint density at radius 1 is 1.57 bits per heavy atom. The molecule has 2 heterocycles. The molecule has 0 bridgehead atoms. The average Bonchev–Trinajstić information content (AvgIpc) is 2.74. The van der Waals surface area contributed by atoms with Gasteiger partial charge in [0.1, 0.15) is 0 Å². The fourth-order valence-electron chi connectivity index (χ4n) is 1.99. The van der Waals surface area contributed by atoms with Gasteiger partial charge in [0.25, 0.3) is 0 Å². The Morgan fingerprint density at radius 2 is 2.43 bits per heavy atom. The van der Waals surface area contributed by atoms with Crippen LogP contribution < -0.4 is 5.32 Å². The Bertz CT molecular complexity index is 297. The molecule has 0 aliphatic carbocycles. The first kappa shape index (κ1) is 10.1. The first-order valence-corrected chi connectivity index (χ1v) is 6.03. The molecule has 0 spiro atoms. The van der Waals surface area contributed by atoms with Crippen LogP contribution in [0.15, 0.2) is 11.4 Å². The van der Waals surface area contributed by atoms with E-state index in [0.717, 1.165) is 6.54 Å². The molecule has 3 heteroatoms. The summed E-state index contributed by atoms with van der Waals surface area (Å²) >= 11 is 1.82. The van der Waals surface area contributed by atoms with Crippen LogP contribution in [0.2, 0.25) is 0 Å². The predicted molar refractivity (Wildman–Crippen MR) is 59.8 cm³/mol. The largest absolute Gasteiger partial charge is 0.368 e. The molecule has 1 aromatic rings. The van der Waals surface area contributed by atoms with Crippen molar-refractivity contribution in [3.8, 4) is 0 Å². The monoisotopic (exact) mass is 211 g/mol. The molecular formula is C11H17NOS. The second-order valence-electron chi connectivity index (χ2n) is 3.85. The lowest BCUT2D eigenvalue weighted by Crippen LogP contribution is -2.22. The van der Waals surface area contributed by atoms with Crippen molar-refractivity contribution in [2.45, 2.75) is 32.0 Å². The Hall–Kier alpha value is -0.380. The van der Waals surface area contributed by atoms with Crippen LogP contribution in [0.5, 0.6) is 0 Å². The Morgan fingerprint density at radius 3 is 3.07 bits per heavy atom. The van der Waals surface area contributed by atoms with Crippen molar-refractivity contribution in [2.75, 3.05) is 13.6 Å². The van der Waals surface area contributed by atoms with E-state index in [1.54, 1.807) is 0 Å². The highest BCUT2D eigenvalue weighted by atomic mass is 32.1. The summed E-state index contributed by atoms with van der Waals surface area (Å²) in [4.78, 5) is 1.42. The lowest BCUT2D eigenvalue weighted by Gasteiger charge is -2.12. The SMILES string of the molecule is CNCC1CCC(c2sccc2C)O1. The fraction of sp³-hybridized carbons (Fsp3) is 0.636. The van der Waals surface area contributed by atoms with Gasteiger partial charge in [0, 0.05) is 11.4 Å². The van der Waals surface area contributed by atoms with Gasteiger partial charge in [0.15, 0.2) is 0 Å². The number of thiophene rings is 1. The molecule has 0 aromatic carbocycles. The van der Waals surface area contributed by atoms with Crippen molar-refractivity contribution in [1.82, 2.24) is 5.32 Å². The van der Waals surface area contributed by atoms with Gasteiger partial charge in [-0.15, -0.1) is 11.3 Å². The van der Waals surface area contributed by atoms with Gasteiger partial charge in [-0.1, -0.05) is 0 Å². The van der Waals surface area contributed by atoms with Crippen LogP contribution in [0.4, 0.5) is 0 Å². The molecule has 1 aliphatic heterocycles. The van der Waals surface area contributed by atoms with Crippen LogP contribution in [0.25, 0.3) is 0 Å². The number of rotatable bonds is 3. The van der Waals surface area contributed by atoms with Gasteiger partial charge < -0.3 is 10.1 Å². The van der Waals surface area contributed by atoms with Crippen molar-refractivity contribution in [1.29, 1.82) is 0 Å². The van der Waals surface area contributed by atoms with Gasteiger partial charge in [-0.2, -0.15) is 0 Å².